The Kier molecular flexibility index (Phi) is 9.08. The standard InChI is InChI=1S/C54H38O4/c55-53(39-27-15-5-16-28-39)57-51-49-45-41(35-19-7-1-8-20-35)31-32-42(36-21-9-2-10-22-36)46(45)50(52(51)58-54(56)40-29-17-6-18-30-40)48-44(38-25-13-4-14-26-38)34-33-43(47(48)49)37-23-11-3-12-24-37/h1-34,49-52H. The number of benzene rings is 8. The molecule has 2 bridgehead atoms. The Labute approximate surface area is 338 Å². The maximum absolute atomic E-state index is 14.4. The van der Waals surface area contributed by atoms with E-state index in [0.717, 1.165) is 66.8 Å². The van der Waals surface area contributed by atoms with Gasteiger partial charge in [-0.25, -0.2) is 9.59 Å². The molecule has 4 nitrogen and oxygen atoms in total. The Bertz CT molecular complexity index is 2420. The maximum Gasteiger partial charge on any atom is 0.338 e. The number of hydrogen-bond donors (Lipinski definition) is 0. The van der Waals surface area contributed by atoms with Gasteiger partial charge in [0.1, 0.15) is 0 Å². The monoisotopic (exact) mass is 750 g/mol. The molecule has 0 saturated carbocycles. The molecule has 8 aromatic carbocycles. The van der Waals surface area contributed by atoms with Crippen LogP contribution in [-0.2, 0) is 9.47 Å². The summed E-state index contributed by atoms with van der Waals surface area (Å²) in [5, 5.41) is 0. The number of carbonyl (C=O) groups excluding carboxylic acids is 2. The van der Waals surface area contributed by atoms with E-state index in [9.17, 15) is 9.59 Å². The van der Waals surface area contributed by atoms with E-state index < -0.39 is 36.0 Å². The zero-order chi connectivity index (χ0) is 39.0. The third kappa shape index (κ3) is 6.11. The van der Waals surface area contributed by atoms with Crippen molar-refractivity contribution in [3.8, 4) is 44.5 Å². The topological polar surface area (TPSA) is 52.6 Å². The van der Waals surface area contributed by atoms with E-state index in [1.165, 1.54) is 0 Å². The van der Waals surface area contributed by atoms with Gasteiger partial charge in [-0.05, 0) is 91.0 Å². The molecule has 0 heterocycles. The Balaban J connectivity index is 1.33. The van der Waals surface area contributed by atoms with Crippen LogP contribution in [0.4, 0.5) is 0 Å². The summed E-state index contributed by atoms with van der Waals surface area (Å²) in [6, 6.07) is 68.7. The van der Waals surface area contributed by atoms with Crippen molar-refractivity contribution in [1.29, 1.82) is 0 Å². The fraction of sp³-hybridized carbons (Fsp3) is 0.0741. The van der Waals surface area contributed by atoms with Crippen molar-refractivity contribution in [3.63, 3.8) is 0 Å². The van der Waals surface area contributed by atoms with Gasteiger partial charge < -0.3 is 9.47 Å². The van der Waals surface area contributed by atoms with E-state index in [1.807, 2.05) is 60.7 Å². The molecule has 0 aliphatic heterocycles. The zero-order valence-corrected chi connectivity index (χ0v) is 31.6. The molecule has 3 aliphatic rings. The molecule has 278 valence electrons. The Morgan fingerprint density at radius 3 is 0.759 bits per heavy atom. The quantitative estimate of drug-likeness (QED) is 0.145. The lowest BCUT2D eigenvalue weighted by atomic mass is 9.56. The maximum atomic E-state index is 14.4. The molecule has 0 aromatic heterocycles. The molecule has 8 aromatic rings. The van der Waals surface area contributed by atoms with Gasteiger partial charge >= 0.3 is 11.9 Å². The lowest BCUT2D eigenvalue weighted by Crippen LogP contribution is -2.52. The van der Waals surface area contributed by atoms with Crippen molar-refractivity contribution < 1.29 is 19.1 Å². The van der Waals surface area contributed by atoms with Crippen LogP contribution in [0.3, 0.4) is 0 Å². The number of rotatable bonds is 8. The Morgan fingerprint density at radius 1 is 0.293 bits per heavy atom. The van der Waals surface area contributed by atoms with E-state index in [1.54, 1.807) is 24.3 Å². The van der Waals surface area contributed by atoms with Crippen LogP contribution < -0.4 is 0 Å². The second-order valence-electron chi connectivity index (χ2n) is 14.9. The molecular formula is C54H38O4. The fourth-order valence-corrected chi connectivity index (χ4v) is 9.22. The Morgan fingerprint density at radius 2 is 0.517 bits per heavy atom. The van der Waals surface area contributed by atoms with Gasteiger partial charge in [-0.1, -0.05) is 182 Å². The van der Waals surface area contributed by atoms with Crippen molar-refractivity contribution in [1.82, 2.24) is 0 Å². The molecular weight excluding hydrogens is 713 g/mol. The largest absolute Gasteiger partial charge is 0.454 e. The number of fused-ring (bicyclic) bond motifs is 1. The third-order valence-corrected chi connectivity index (χ3v) is 11.6. The van der Waals surface area contributed by atoms with Crippen LogP contribution in [0.5, 0.6) is 0 Å². The third-order valence-electron chi connectivity index (χ3n) is 11.6. The van der Waals surface area contributed by atoms with Gasteiger partial charge in [-0.3, -0.25) is 0 Å². The summed E-state index contributed by atoms with van der Waals surface area (Å²) < 4.78 is 13.7. The molecule has 0 amide bonds. The highest BCUT2D eigenvalue weighted by Crippen LogP contribution is 2.62. The SMILES string of the molecule is O=C(OC1C2c3c(-c4ccccc4)ccc(-c4ccccc4)c3C(c3c(-c4ccccc4)ccc(-c4ccccc4)c32)C1OC(=O)c1ccccc1)c1ccccc1. The fourth-order valence-electron chi connectivity index (χ4n) is 9.22. The molecule has 0 fully saturated rings. The summed E-state index contributed by atoms with van der Waals surface area (Å²) in [5.41, 5.74) is 13.6. The van der Waals surface area contributed by atoms with Crippen LogP contribution in [0.1, 0.15) is 54.8 Å². The summed E-state index contributed by atoms with van der Waals surface area (Å²) in [6.45, 7) is 0. The van der Waals surface area contributed by atoms with Crippen molar-refractivity contribution in [2.24, 2.45) is 0 Å². The first kappa shape index (κ1) is 35.1. The number of hydrogen-bond acceptors (Lipinski definition) is 4. The smallest absolute Gasteiger partial charge is 0.338 e. The molecule has 0 saturated heterocycles. The van der Waals surface area contributed by atoms with E-state index in [2.05, 4.69) is 121 Å². The van der Waals surface area contributed by atoms with Crippen molar-refractivity contribution >= 4 is 11.9 Å². The van der Waals surface area contributed by atoms with Gasteiger partial charge in [0.15, 0.2) is 12.2 Å². The molecule has 0 N–H and O–H groups in total. The van der Waals surface area contributed by atoms with Crippen molar-refractivity contribution in [2.45, 2.75) is 24.0 Å². The molecule has 2 unspecified atom stereocenters. The van der Waals surface area contributed by atoms with Crippen LogP contribution in [0.15, 0.2) is 206 Å². The average Bonchev–Trinajstić information content (AvgIpc) is 3.30. The zero-order valence-electron chi connectivity index (χ0n) is 31.6. The molecule has 2 atom stereocenters. The van der Waals surface area contributed by atoms with Crippen molar-refractivity contribution in [3.05, 3.63) is 240 Å². The number of carbonyl (C=O) groups is 2. The van der Waals surface area contributed by atoms with Gasteiger partial charge in [0, 0.05) is 0 Å². The normalized spacial score (nSPS) is 17.4. The predicted octanol–water partition coefficient (Wildman–Crippen LogP) is 12.4. The highest BCUT2D eigenvalue weighted by Gasteiger charge is 2.57. The van der Waals surface area contributed by atoms with E-state index >= 15 is 0 Å². The molecule has 0 radical (unpaired) electrons. The highest BCUT2D eigenvalue weighted by atomic mass is 16.6. The van der Waals surface area contributed by atoms with Gasteiger partial charge in [-0.2, -0.15) is 0 Å². The minimum Gasteiger partial charge on any atom is -0.454 e. The van der Waals surface area contributed by atoms with Gasteiger partial charge in [0.2, 0.25) is 0 Å². The molecule has 11 rings (SSSR count). The van der Waals surface area contributed by atoms with E-state index in [0.29, 0.717) is 11.1 Å². The molecule has 0 spiro atoms. The lowest BCUT2D eigenvalue weighted by Gasteiger charge is -2.51. The number of esters is 2. The van der Waals surface area contributed by atoms with Gasteiger partial charge in [-0.15, -0.1) is 0 Å². The summed E-state index contributed by atoms with van der Waals surface area (Å²) in [6.07, 6.45) is -1.76. The summed E-state index contributed by atoms with van der Waals surface area (Å²) in [4.78, 5) is 28.9. The molecule has 58 heavy (non-hydrogen) atoms. The van der Waals surface area contributed by atoms with Gasteiger partial charge in [0.25, 0.3) is 0 Å². The van der Waals surface area contributed by atoms with Crippen LogP contribution in [0.25, 0.3) is 44.5 Å². The summed E-state index contributed by atoms with van der Waals surface area (Å²) in [5.74, 6) is -2.01. The lowest BCUT2D eigenvalue weighted by molar-refractivity contribution is -0.0554. The summed E-state index contributed by atoms with van der Waals surface area (Å²) in [7, 11) is 0. The number of ether oxygens (including phenoxy) is 2. The first-order valence-corrected chi connectivity index (χ1v) is 19.7. The summed E-state index contributed by atoms with van der Waals surface area (Å²) >= 11 is 0. The van der Waals surface area contributed by atoms with E-state index in [-0.39, 0.29) is 0 Å². The first-order valence-electron chi connectivity index (χ1n) is 19.7. The highest BCUT2D eigenvalue weighted by molar-refractivity contribution is 5.93. The van der Waals surface area contributed by atoms with Crippen LogP contribution in [0, 0.1) is 0 Å². The minimum absolute atomic E-state index is 0.431. The minimum atomic E-state index is -0.882. The second kappa shape index (κ2) is 15.0. The Hall–Kier alpha value is -7.30. The molecule has 4 heteroatoms. The molecule has 3 aliphatic carbocycles. The van der Waals surface area contributed by atoms with Gasteiger partial charge in [0.05, 0.1) is 23.0 Å². The van der Waals surface area contributed by atoms with Crippen LogP contribution in [0.2, 0.25) is 0 Å². The van der Waals surface area contributed by atoms with Crippen molar-refractivity contribution in [2.75, 3.05) is 0 Å². The van der Waals surface area contributed by atoms with E-state index in [4.69, 9.17) is 9.47 Å². The van der Waals surface area contributed by atoms with Crippen LogP contribution in [-0.4, -0.2) is 24.1 Å². The average molecular weight is 751 g/mol. The first-order chi connectivity index (χ1) is 28.7. The second-order valence-corrected chi connectivity index (χ2v) is 14.9. The van der Waals surface area contributed by atoms with Crippen LogP contribution >= 0.6 is 0 Å². The predicted molar refractivity (Wildman–Crippen MR) is 230 cm³/mol.